The van der Waals surface area contributed by atoms with Crippen LogP contribution in [0, 0.1) is 16.7 Å². The standard InChI is InChI=1S/C23H25NO3/c1-23(2,3)17-26-14-15-27-22(25)20(16-24)21(18-10-6-4-7-11-18)19-12-8-5-9-13-19/h4-13H,14-15,17H2,1-3H3. The molecule has 2 rings (SSSR count). The minimum absolute atomic E-state index is 0.0109. The largest absolute Gasteiger partial charge is 0.459 e. The summed E-state index contributed by atoms with van der Waals surface area (Å²) in [5.74, 6) is -0.639. The summed E-state index contributed by atoms with van der Waals surface area (Å²) in [6.45, 7) is 7.19. The van der Waals surface area contributed by atoms with E-state index in [0.717, 1.165) is 11.1 Å². The summed E-state index contributed by atoms with van der Waals surface area (Å²) >= 11 is 0. The van der Waals surface area contributed by atoms with Crippen molar-refractivity contribution in [1.29, 1.82) is 5.26 Å². The summed E-state index contributed by atoms with van der Waals surface area (Å²) in [5.41, 5.74) is 2.19. The Balaban J connectivity index is 2.21. The number of carbonyl (C=O) groups is 1. The van der Waals surface area contributed by atoms with Crippen LogP contribution in [0.5, 0.6) is 0 Å². The first-order chi connectivity index (χ1) is 12.9. The third-order valence-electron chi connectivity index (χ3n) is 3.69. The Morgan fingerprint density at radius 2 is 1.44 bits per heavy atom. The van der Waals surface area contributed by atoms with Gasteiger partial charge in [-0.1, -0.05) is 81.4 Å². The van der Waals surface area contributed by atoms with Crippen LogP contribution in [0.2, 0.25) is 0 Å². The van der Waals surface area contributed by atoms with E-state index in [1.54, 1.807) is 0 Å². The van der Waals surface area contributed by atoms with Gasteiger partial charge in [0.25, 0.3) is 0 Å². The molecule has 2 aromatic carbocycles. The van der Waals surface area contributed by atoms with E-state index in [0.29, 0.717) is 18.8 Å². The number of benzene rings is 2. The lowest BCUT2D eigenvalue weighted by Crippen LogP contribution is -2.18. The second kappa shape index (κ2) is 9.70. The zero-order valence-electron chi connectivity index (χ0n) is 16.1. The van der Waals surface area contributed by atoms with Crippen molar-refractivity contribution in [3.8, 4) is 6.07 Å². The average Bonchev–Trinajstić information content (AvgIpc) is 2.66. The van der Waals surface area contributed by atoms with Crippen LogP contribution in [-0.4, -0.2) is 25.8 Å². The van der Waals surface area contributed by atoms with E-state index in [1.165, 1.54) is 0 Å². The van der Waals surface area contributed by atoms with Crippen LogP contribution in [0.25, 0.3) is 5.57 Å². The molecule has 0 fully saturated rings. The molecule has 4 heteroatoms. The van der Waals surface area contributed by atoms with Crippen molar-refractivity contribution < 1.29 is 14.3 Å². The van der Waals surface area contributed by atoms with Gasteiger partial charge in [-0.15, -0.1) is 0 Å². The lowest BCUT2D eigenvalue weighted by Gasteiger charge is -2.18. The molecule has 0 heterocycles. The molecule has 0 unspecified atom stereocenters. The Morgan fingerprint density at radius 3 is 1.89 bits per heavy atom. The van der Waals surface area contributed by atoms with Crippen molar-refractivity contribution in [2.45, 2.75) is 20.8 Å². The van der Waals surface area contributed by atoms with Crippen LogP contribution in [0.15, 0.2) is 66.2 Å². The third kappa shape index (κ3) is 6.40. The molecule has 140 valence electrons. The van der Waals surface area contributed by atoms with Crippen LogP contribution in [0.1, 0.15) is 31.9 Å². The normalized spacial score (nSPS) is 10.7. The van der Waals surface area contributed by atoms with Crippen molar-refractivity contribution >= 4 is 11.5 Å². The highest BCUT2D eigenvalue weighted by molar-refractivity contribution is 6.05. The molecule has 0 spiro atoms. The van der Waals surface area contributed by atoms with Gasteiger partial charge >= 0.3 is 5.97 Å². The van der Waals surface area contributed by atoms with Crippen molar-refractivity contribution in [2.24, 2.45) is 5.41 Å². The maximum atomic E-state index is 12.6. The SMILES string of the molecule is CC(C)(C)COCCOC(=O)C(C#N)=C(c1ccccc1)c1ccccc1. The lowest BCUT2D eigenvalue weighted by atomic mass is 9.93. The van der Waals surface area contributed by atoms with Crippen LogP contribution in [0.3, 0.4) is 0 Å². The molecule has 0 N–H and O–H groups in total. The van der Waals surface area contributed by atoms with Crippen molar-refractivity contribution in [3.63, 3.8) is 0 Å². The van der Waals surface area contributed by atoms with Crippen LogP contribution in [0.4, 0.5) is 0 Å². The third-order valence-corrected chi connectivity index (χ3v) is 3.69. The Bertz CT molecular complexity index is 771. The molecule has 0 atom stereocenters. The summed E-state index contributed by atoms with van der Waals surface area (Å²) in [6, 6.07) is 20.8. The minimum atomic E-state index is -0.639. The zero-order chi connectivity index (χ0) is 19.7. The van der Waals surface area contributed by atoms with Gasteiger partial charge in [0.05, 0.1) is 13.2 Å². The number of nitrogens with zero attached hydrogens (tertiary/aromatic N) is 1. The van der Waals surface area contributed by atoms with Gasteiger partial charge in [-0.05, 0) is 16.5 Å². The Hall–Kier alpha value is -2.90. The first-order valence-corrected chi connectivity index (χ1v) is 8.92. The first-order valence-electron chi connectivity index (χ1n) is 8.92. The van der Waals surface area contributed by atoms with Gasteiger partial charge in [0.2, 0.25) is 0 Å². The predicted octanol–water partition coefficient (Wildman–Crippen LogP) is 4.62. The summed E-state index contributed by atoms with van der Waals surface area (Å²) in [5, 5.41) is 9.66. The molecule has 2 aromatic rings. The molecular formula is C23H25NO3. The van der Waals surface area contributed by atoms with E-state index in [4.69, 9.17) is 9.47 Å². The molecule has 0 saturated heterocycles. The summed E-state index contributed by atoms with van der Waals surface area (Å²) in [4.78, 5) is 12.6. The van der Waals surface area contributed by atoms with Gasteiger partial charge in [-0.2, -0.15) is 5.26 Å². The fourth-order valence-electron chi connectivity index (χ4n) is 2.51. The van der Waals surface area contributed by atoms with Crippen LogP contribution in [-0.2, 0) is 14.3 Å². The smallest absolute Gasteiger partial charge is 0.349 e. The van der Waals surface area contributed by atoms with Gasteiger partial charge < -0.3 is 9.47 Å². The summed E-state index contributed by atoms with van der Waals surface area (Å²) in [6.07, 6.45) is 0. The van der Waals surface area contributed by atoms with Gasteiger partial charge in [0, 0.05) is 5.57 Å². The number of ether oxygens (including phenoxy) is 2. The van der Waals surface area contributed by atoms with Gasteiger partial charge in [-0.3, -0.25) is 0 Å². The van der Waals surface area contributed by atoms with Gasteiger partial charge in [0.15, 0.2) is 0 Å². The molecule has 0 amide bonds. The minimum Gasteiger partial charge on any atom is -0.459 e. The fraction of sp³-hybridized carbons (Fsp3) is 0.304. The number of nitriles is 1. The quantitative estimate of drug-likeness (QED) is 0.312. The number of hydrogen-bond acceptors (Lipinski definition) is 4. The molecule has 0 radical (unpaired) electrons. The topological polar surface area (TPSA) is 59.3 Å². The Labute approximate surface area is 161 Å². The predicted molar refractivity (Wildman–Crippen MR) is 106 cm³/mol. The zero-order valence-corrected chi connectivity index (χ0v) is 16.1. The van der Waals surface area contributed by atoms with Crippen molar-refractivity contribution in [2.75, 3.05) is 19.8 Å². The molecule has 0 aliphatic rings. The van der Waals surface area contributed by atoms with Gasteiger partial charge in [-0.25, -0.2) is 4.79 Å². The number of hydrogen-bond donors (Lipinski definition) is 0. The second-order valence-electron chi connectivity index (χ2n) is 7.34. The molecular weight excluding hydrogens is 338 g/mol. The molecule has 0 aromatic heterocycles. The van der Waals surface area contributed by atoms with E-state index < -0.39 is 5.97 Å². The lowest BCUT2D eigenvalue weighted by molar-refractivity contribution is -0.140. The summed E-state index contributed by atoms with van der Waals surface area (Å²) in [7, 11) is 0. The van der Waals surface area contributed by atoms with E-state index in [9.17, 15) is 10.1 Å². The number of esters is 1. The van der Waals surface area contributed by atoms with Crippen LogP contribution < -0.4 is 0 Å². The van der Waals surface area contributed by atoms with E-state index in [-0.39, 0.29) is 17.6 Å². The molecule has 0 bridgehead atoms. The van der Waals surface area contributed by atoms with E-state index in [2.05, 4.69) is 20.8 Å². The molecule has 0 aliphatic heterocycles. The monoisotopic (exact) mass is 363 g/mol. The molecule has 0 aliphatic carbocycles. The Kier molecular flexibility index (Phi) is 7.34. The number of rotatable bonds is 7. The van der Waals surface area contributed by atoms with Crippen molar-refractivity contribution in [3.05, 3.63) is 77.4 Å². The number of carbonyl (C=O) groups excluding carboxylic acids is 1. The van der Waals surface area contributed by atoms with Gasteiger partial charge in [0.1, 0.15) is 18.2 Å². The maximum absolute atomic E-state index is 12.6. The molecule has 4 nitrogen and oxygen atoms in total. The molecule has 27 heavy (non-hydrogen) atoms. The highest BCUT2D eigenvalue weighted by Gasteiger charge is 2.20. The second-order valence-corrected chi connectivity index (χ2v) is 7.34. The maximum Gasteiger partial charge on any atom is 0.349 e. The highest BCUT2D eigenvalue weighted by Crippen LogP contribution is 2.27. The van der Waals surface area contributed by atoms with E-state index >= 15 is 0 Å². The van der Waals surface area contributed by atoms with Crippen LogP contribution >= 0.6 is 0 Å². The van der Waals surface area contributed by atoms with E-state index in [1.807, 2.05) is 66.7 Å². The fourth-order valence-corrected chi connectivity index (χ4v) is 2.51. The highest BCUT2D eigenvalue weighted by atomic mass is 16.6. The first kappa shape index (κ1) is 20.4. The average molecular weight is 363 g/mol. The summed E-state index contributed by atoms with van der Waals surface area (Å²) < 4.78 is 10.8. The van der Waals surface area contributed by atoms with Crippen molar-refractivity contribution in [1.82, 2.24) is 0 Å². The molecule has 0 saturated carbocycles. The Morgan fingerprint density at radius 1 is 0.926 bits per heavy atom.